The average Bonchev–Trinajstić information content (AvgIpc) is 2.60. The number of rotatable bonds is 3. The summed E-state index contributed by atoms with van der Waals surface area (Å²) in [6, 6.07) is 0. The van der Waals surface area contributed by atoms with Gasteiger partial charge in [0.1, 0.15) is 5.60 Å². The van der Waals surface area contributed by atoms with Crippen LogP contribution in [0, 0.1) is 5.92 Å². The predicted molar refractivity (Wildman–Crippen MR) is 66.8 cm³/mol. The van der Waals surface area contributed by atoms with Crippen molar-refractivity contribution in [3.8, 4) is 0 Å². The third-order valence-electron chi connectivity index (χ3n) is 2.81. The van der Waals surface area contributed by atoms with Crippen LogP contribution in [0.1, 0.15) is 54.4 Å². The highest BCUT2D eigenvalue weighted by Gasteiger charge is 2.48. The van der Waals surface area contributed by atoms with E-state index < -0.39 is 11.2 Å². The molecule has 0 aromatic heterocycles. The second-order valence-electron chi connectivity index (χ2n) is 5.86. The van der Waals surface area contributed by atoms with Crippen molar-refractivity contribution in [2.24, 2.45) is 11.1 Å². The van der Waals surface area contributed by atoms with E-state index in [-0.39, 0.29) is 5.97 Å². The third kappa shape index (κ3) is 3.20. The van der Waals surface area contributed by atoms with Crippen LogP contribution < -0.4 is 0 Å². The van der Waals surface area contributed by atoms with Gasteiger partial charge in [-0.05, 0) is 33.1 Å². The number of carbonyl (C=O) groups excluding carboxylic acids is 1. The fourth-order valence-corrected chi connectivity index (χ4v) is 1.63. The van der Waals surface area contributed by atoms with Gasteiger partial charge in [0, 0.05) is 6.42 Å². The molecule has 0 N–H and O–H groups in total. The molecule has 1 unspecified atom stereocenters. The summed E-state index contributed by atoms with van der Waals surface area (Å²) < 4.78 is 5.41. The van der Waals surface area contributed by atoms with Gasteiger partial charge >= 0.3 is 5.97 Å². The average molecular weight is 241 g/mol. The Morgan fingerprint density at radius 1 is 1.53 bits per heavy atom. The highest BCUT2D eigenvalue weighted by molar-refractivity contribution is 5.94. The van der Waals surface area contributed by atoms with Crippen molar-refractivity contribution in [1.29, 1.82) is 0 Å². The maximum absolute atomic E-state index is 12.2. The van der Waals surface area contributed by atoms with E-state index in [1.54, 1.807) is 0 Å². The Kier molecular flexibility index (Phi) is 3.84. The molecule has 98 valence electrons. The molecule has 4 heteroatoms. The minimum Gasteiger partial charge on any atom is -0.457 e. The molecule has 1 aliphatic rings. The van der Waals surface area contributed by atoms with E-state index in [4.69, 9.17) is 9.57 Å². The Morgan fingerprint density at radius 3 is 2.47 bits per heavy atom. The molecule has 0 spiro atoms. The van der Waals surface area contributed by atoms with Crippen molar-refractivity contribution in [3.05, 3.63) is 0 Å². The van der Waals surface area contributed by atoms with Crippen LogP contribution in [-0.4, -0.2) is 22.9 Å². The first-order chi connectivity index (χ1) is 7.70. The molecule has 0 fully saturated rings. The van der Waals surface area contributed by atoms with Crippen LogP contribution in [0.4, 0.5) is 0 Å². The third-order valence-corrected chi connectivity index (χ3v) is 2.81. The van der Waals surface area contributed by atoms with Gasteiger partial charge in [0.05, 0.1) is 5.71 Å². The van der Waals surface area contributed by atoms with E-state index in [1.165, 1.54) is 0 Å². The van der Waals surface area contributed by atoms with Crippen LogP contribution >= 0.6 is 0 Å². The number of esters is 1. The first kappa shape index (κ1) is 14.0. The monoisotopic (exact) mass is 241 g/mol. The molecule has 4 nitrogen and oxygen atoms in total. The summed E-state index contributed by atoms with van der Waals surface area (Å²) in [5.41, 5.74) is -0.478. The Balaban J connectivity index is 2.77. The number of carbonyl (C=O) groups is 1. The summed E-state index contributed by atoms with van der Waals surface area (Å²) in [6.45, 7) is 11.6. The molecule has 0 aromatic rings. The van der Waals surface area contributed by atoms with Gasteiger partial charge in [-0.3, -0.25) is 0 Å². The van der Waals surface area contributed by atoms with E-state index in [2.05, 4.69) is 5.16 Å². The Bertz CT molecular complexity index is 328. The minimum absolute atomic E-state index is 0.297. The Labute approximate surface area is 103 Å². The lowest BCUT2D eigenvalue weighted by molar-refractivity contribution is -0.181. The fourth-order valence-electron chi connectivity index (χ4n) is 1.63. The molecule has 0 bridgehead atoms. The smallest absolute Gasteiger partial charge is 0.354 e. The minimum atomic E-state index is -0.910. The molecule has 0 saturated heterocycles. The van der Waals surface area contributed by atoms with E-state index in [9.17, 15) is 4.79 Å². The highest BCUT2D eigenvalue weighted by Crippen LogP contribution is 2.32. The van der Waals surface area contributed by atoms with Crippen molar-refractivity contribution < 1.29 is 14.4 Å². The zero-order chi connectivity index (χ0) is 13.3. The number of nitrogens with zero attached hydrogens (tertiary/aromatic N) is 1. The van der Waals surface area contributed by atoms with Crippen molar-refractivity contribution in [2.75, 3.05) is 0 Å². The van der Waals surface area contributed by atoms with Crippen LogP contribution in [0.3, 0.4) is 0 Å². The van der Waals surface area contributed by atoms with Crippen LogP contribution in [-0.2, 0) is 14.4 Å². The molecule has 0 radical (unpaired) electrons. The van der Waals surface area contributed by atoms with Gasteiger partial charge in [0.25, 0.3) is 0 Å². The lowest BCUT2D eigenvalue weighted by atomic mass is 9.90. The second-order valence-corrected chi connectivity index (χ2v) is 5.86. The standard InChI is InChI=1S/C13H23NO3/c1-7-13(11(15)16-12(4,5)6)8-10(9(2)3)14-17-13/h9H,7-8H2,1-6H3. The molecular formula is C13H23NO3. The first-order valence-electron chi connectivity index (χ1n) is 6.18. The SMILES string of the molecule is CCC1(C(=O)OC(C)(C)C)CC(C(C)C)=NO1. The van der Waals surface area contributed by atoms with Gasteiger partial charge in [-0.1, -0.05) is 25.9 Å². The zero-order valence-electron chi connectivity index (χ0n) is 11.7. The van der Waals surface area contributed by atoms with Crippen molar-refractivity contribution in [3.63, 3.8) is 0 Å². The molecule has 17 heavy (non-hydrogen) atoms. The second kappa shape index (κ2) is 4.67. The normalized spacial score (nSPS) is 24.5. The number of hydrogen-bond acceptors (Lipinski definition) is 4. The van der Waals surface area contributed by atoms with Gasteiger partial charge in [0.2, 0.25) is 5.60 Å². The highest BCUT2D eigenvalue weighted by atomic mass is 16.7. The van der Waals surface area contributed by atoms with Gasteiger partial charge < -0.3 is 9.57 Å². The molecule has 1 aliphatic heterocycles. The zero-order valence-corrected chi connectivity index (χ0v) is 11.7. The molecule has 1 atom stereocenters. The lowest BCUT2D eigenvalue weighted by Crippen LogP contribution is -2.43. The van der Waals surface area contributed by atoms with Crippen molar-refractivity contribution in [1.82, 2.24) is 0 Å². The summed E-state index contributed by atoms with van der Waals surface area (Å²) in [7, 11) is 0. The van der Waals surface area contributed by atoms with Crippen LogP contribution in [0.5, 0.6) is 0 Å². The van der Waals surface area contributed by atoms with E-state index in [0.717, 1.165) is 5.71 Å². The maximum Gasteiger partial charge on any atom is 0.354 e. The Morgan fingerprint density at radius 2 is 2.12 bits per heavy atom. The van der Waals surface area contributed by atoms with Crippen LogP contribution in [0.2, 0.25) is 0 Å². The largest absolute Gasteiger partial charge is 0.457 e. The topological polar surface area (TPSA) is 47.9 Å². The summed E-state index contributed by atoms with van der Waals surface area (Å²) >= 11 is 0. The molecule has 1 rings (SSSR count). The summed E-state index contributed by atoms with van der Waals surface area (Å²) in [4.78, 5) is 17.5. The number of hydrogen-bond donors (Lipinski definition) is 0. The molecule has 0 aliphatic carbocycles. The van der Waals surface area contributed by atoms with Crippen molar-refractivity contribution >= 4 is 11.7 Å². The molecular weight excluding hydrogens is 218 g/mol. The lowest BCUT2D eigenvalue weighted by Gasteiger charge is -2.28. The maximum atomic E-state index is 12.2. The van der Waals surface area contributed by atoms with E-state index in [1.807, 2.05) is 41.5 Å². The summed E-state index contributed by atoms with van der Waals surface area (Å²) in [5, 5.41) is 4.03. The predicted octanol–water partition coefficient (Wildman–Crippen LogP) is 2.91. The van der Waals surface area contributed by atoms with Crippen LogP contribution in [0.15, 0.2) is 5.16 Å². The van der Waals surface area contributed by atoms with Gasteiger partial charge in [0.15, 0.2) is 0 Å². The fraction of sp³-hybridized carbons (Fsp3) is 0.846. The van der Waals surface area contributed by atoms with Crippen LogP contribution in [0.25, 0.3) is 0 Å². The molecule has 0 amide bonds. The first-order valence-corrected chi connectivity index (χ1v) is 6.18. The quantitative estimate of drug-likeness (QED) is 0.714. The Hall–Kier alpha value is -1.06. The summed E-state index contributed by atoms with van der Waals surface area (Å²) in [5.74, 6) is -0.0160. The number of ether oxygens (including phenoxy) is 1. The van der Waals surface area contributed by atoms with E-state index in [0.29, 0.717) is 18.8 Å². The summed E-state index contributed by atoms with van der Waals surface area (Å²) in [6.07, 6.45) is 1.11. The molecule has 0 saturated carbocycles. The number of oxime groups is 1. The van der Waals surface area contributed by atoms with Gasteiger partial charge in [-0.2, -0.15) is 0 Å². The molecule has 0 aromatic carbocycles. The van der Waals surface area contributed by atoms with Gasteiger partial charge in [-0.25, -0.2) is 4.79 Å². The van der Waals surface area contributed by atoms with Gasteiger partial charge in [-0.15, -0.1) is 0 Å². The molecule has 1 heterocycles. The van der Waals surface area contributed by atoms with Crippen molar-refractivity contribution in [2.45, 2.75) is 65.6 Å². The van der Waals surface area contributed by atoms with E-state index >= 15 is 0 Å².